The summed E-state index contributed by atoms with van der Waals surface area (Å²) in [6.45, 7) is 2.81. The Morgan fingerprint density at radius 2 is 2.12 bits per heavy atom. The lowest BCUT2D eigenvalue weighted by atomic mass is 10.1. The molecule has 1 fully saturated rings. The number of hydrogen-bond acceptors (Lipinski definition) is 4. The van der Waals surface area contributed by atoms with E-state index >= 15 is 0 Å². The van der Waals surface area contributed by atoms with Crippen molar-refractivity contribution in [1.82, 2.24) is 15.4 Å². The Balaban J connectivity index is 1.44. The van der Waals surface area contributed by atoms with Crippen molar-refractivity contribution in [2.75, 3.05) is 13.6 Å². The van der Waals surface area contributed by atoms with Crippen molar-refractivity contribution in [2.45, 2.75) is 44.7 Å². The van der Waals surface area contributed by atoms with Gasteiger partial charge in [-0.1, -0.05) is 35.5 Å². The maximum atomic E-state index is 12.0. The van der Waals surface area contributed by atoms with Crippen LogP contribution in [0.5, 0.6) is 0 Å². The minimum atomic E-state index is -0.0970. The molecular formula is C19H25N3O2. The Morgan fingerprint density at radius 3 is 2.83 bits per heavy atom. The van der Waals surface area contributed by atoms with Crippen molar-refractivity contribution in [1.29, 1.82) is 0 Å². The van der Waals surface area contributed by atoms with Crippen LogP contribution >= 0.6 is 0 Å². The van der Waals surface area contributed by atoms with E-state index in [4.69, 9.17) is 4.52 Å². The molecule has 24 heavy (non-hydrogen) atoms. The van der Waals surface area contributed by atoms with Crippen molar-refractivity contribution >= 4 is 5.91 Å². The molecule has 1 aromatic carbocycles. The van der Waals surface area contributed by atoms with Gasteiger partial charge < -0.3 is 9.84 Å². The molecule has 1 unspecified atom stereocenters. The molecule has 1 aromatic heterocycles. The number of nitrogens with zero attached hydrogens (tertiary/aromatic N) is 2. The lowest BCUT2D eigenvalue weighted by Crippen LogP contribution is -2.44. The molecule has 0 radical (unpaired) electrons. The van der Waals surface area contributed by atoms with Crippen LogP contribution in [0.15, 0.2) is 40.9 Å². The van der Waals surface area contributed by atoms with Crippen molar-refractivity contribution in [3.63, 3.8) is 0 Å². The van der Waals surface area contributed by atoms with E-state index < -0.39 is 0 Å². The maximum Gasteiger partial charge on any atom is 0.237 e. The zero-order chi connectivity index (χ0) is 16.9. The van der Waals surface area contributed by atoms with Crippen molar-refractivity contribution in [3.05, 3.63) is 42.2 Å². The number of aryl methyl sites for hydroxylation is 1. The summed E-state index contributed by atoms with van der Waals surface area (Å²) >= 11 is 0. The zero-order valence-electron chi connectivity index (χ0n) is 14.4. The van der Waals surface area contributed by atoms with Gasteiger partial charge in [0, 0.05) is 24.1 Å². The van der Waals surface area contributed by atoms with E-state index in [1.54, 1.807) is 0 Å². The van der Waals surface area contributed by atoms with Crippen LogP contribution in [0.25, 0.3) is 11.3 Å². The second-order valence-electron chi connectivity index (χ2n) is 6.59. The fraction of sp³-hybridized carbons (Fsp3) is 0.474. The number of likely N-dealkylation sites (N-methyl/N-ethyl adjacent to an activating group) is 1. The Morgan fingerprint density at radius 1 is 1.38 bits per heavy atom. The van der Waals surface area contributed by atoms with Gasteiger partial charge in [0.1, 0.15) is 11.5 Å². The van der Waals surface area contributed by atoms with E-state index in [-0.39, 0.29) is 11.9 Å². The molecule has 0 bridgehead atoms. The van der Waals surface area contributed by atoms with E-state index in [0.717, 1.165) is 49.2 Å². The molecular weight excluding hydrogens is 302 g/mol. The zero-order valence-corrected chi connectivity index (χ0v) is 14.4. The number of benzene rings is 1. The van der Waals surface area contributed by atoms with E-state index in [9.17, 15) is 4.79 Å². The number of carbonyl (C=O) groups excluding carboxylic acids is 1. The summed E-state index contributed by atoms with van der Waals surface area (Å²) in [6, 6.07) is 12.3. The number of aromatic nitrogens is 1. The fourth-order valence-corrected chi connectivity index (χ4v) is 2.62. The molecule has 0 saturated heterocycles. The second-order valence-corrected chi connectivity index (χ2v) is 6.59. The quantitative estimate of drug-likeness (QED) is 0.810. The molecule has 1 atom stereocenters. The van der Waals surface area contributed by atoms with Gasteiger partial charge in [0.05, 0.1) is 6.04 Å². The topological polar surface area (TPSA) is 58.4 Å². The Labute approximate surface area is 143 Å². The SMILES string of the molecule is CC(C(=O)NC1CC1)N(C)CCCc1cc(-c2ccccc2)no1. The van der Waals surface area contributed by atoms with Gasteiger partial charge in [0.2, 0.25) is 5.91 Å². The van der Waals surface area contributed by atoms with Gasteiger partial charge >= 0.3 is 0 Å². The monoisotopic (exact) mass is 327 g/mol. The first-order valence-corrected chi connectivity index (χ1v) is 8.65. The second kappa shape index (κ2) is 7.62. The molecule has 1 saturated carbocycles. The average molecular weight is 327 g/mol. The molecule has 2 aromatic rings. The first-order valence-electron chi connectivity index (χ1n) is 8.65. The molecule has 5 nitrogen and oxygen atoms in total. The van der Waals surface area contributed by atoms with Crippen molar-refractivity contribution < 1.29 is 9.32 Å². The smallest absolute Gasteiger partial charge is 0.237 e. The Bertz CT molecular complexity index is 664. The van der Waals surface area contributed by atoms with E-state index in [1.165, 1.54) is 0 Å². The molecule has 3 rings (SSSR count). The average Bonchev–Trinajstić information content (AvgIpc) is 3.29. The summed E-state index contributed by atoms with van der Waals surface area (Å²) in [5.74, 6) is 1.02. The Kier molecular flexibility index (Phi) is 5.30. The minimum absolute atomic E-state index is 0.0970. The largest absolute Gasteiger partial charge is 0.361 e. The maximum absolute atomic E-state index is 12.0. The van der Waals surface area contributed by atoms with Gasteiger partial charge in [-0.05, 0) is 39.8 Å². The lowest BCUT2D eigenvalue weighted by Gasteiger charge is -2.23. The van der Waals surface area contributed by atoms with Gasteiger partial charge in [-0.25, -0.2) is 0 Å². The molecule has 0 spiro atoms. The summed E-state index contributed by atoms with van der Waals surface area (Å²) in [5, 5.41) is 7.19. The van der Waals surface area contributed by atoms with Gasteiger partial charge in [0.25, 0.3) is 0 Å². The molecule has 1 heterocycles. The summed E-state index contributed by atoms with van der Waals surface area (Å²) in [6.07, 6.45) is 4.00. The fourth-order valence-electron chi connectivity index (χ4n) is 2.62. The van der Waals surface area contributed by atoms with Crippen LogP contribution in [-0.4, -0.2) is 41.6 Å². The van der Waals surface area contributed by atoms with Crippen LogP contribution < -0.4 is 5.32 Å². The van der Waals surface area contributed by atoms with E-state index in [2.05, 4.69) is 15.4 Å². The normalized spacial score (nSPS) is 15.5. The van der Waals surface area contributed by atoms with Crippen LogP contribution in [0.4, 0.5) is 0 Å². The van der Waals surface area contributed by atoms with Crippen LogP contribution in [-0.2, 0) is 11.2 Å². The third-order valence-corrected chi connectivity index (χ3v) is 4.53. The highest BCUT2D eigenvalue weighted by molar-refractivity contribution is 5.81. The summed E-state index contributed by atoms with van der Waals surface area (Å²) in [5.41, 5.74) is 1.94. The summed E-state index contributed by atoms with van der Waals surface area (Å²) in [4.78, 5) is 14.1. The first-order chi connectivity index (χ1) is 11.6. The van der Waals surface area contributed by atoms with Crippen LogP contribution in [0.3, 0.4) is 0 Å². The highest BCUT2D eigenvalue weighted by Crippen LogP contribution is 2.20. The van der Waals surface area contributed by atoms with Crippen molar-refractivity contribution in [2.24, 2.45) is 0 Å². The number of amides is 1. The predicted octanol–water partition coefficient (Wildman–Crippen LogP) is 2.87. The number of rotatable bonds is 8. The summed E-state index contributed by atoms with van der Waals surface area (Å²) in [7, 11) is 1.99. The molecule has 5 heteroatoms. The summed E-state index contributed by atoms with van der Waals surface area (Å²) < 4.78 is 5.42. The predicted molar refractivity (Wildman–Crippen MR) is 93.5 cm³/mol. The third-order valence-electron chi connectivity index (χ3n) is 4.53. The Hall–Kier alpha value is -2.14. The highest BCUT2D eigenvalue weighted by atomic mass is 16.5. The van der Waals surface area contributed by atoms with Gasteiger partial charge in [0.15, 0.2) is 0 Å². The van der Waals surface area contributed by atoms with Crippen molar-refractivity contribution in [3.8, 4) is 11.3 Å². The van der Waals surface area contributed by atoms with Crippen LogP contribution in [0, 0.1) is 0 Å². The first kappa shape index (κ1) is 16.7. The lowest BCUT2D eigenvalue weighted by molar-refractivity contribution is -0.125. The van der Waals surface area contributed by atoms with Crippen LogP contribution in [0.2, 0.25) is 0 Å². The molecule has 128 valence electrons. The molecule has 0 aliphatic heterocycles. The molecule has 1 N–H and O–H groups in total. The van der Waals surface area contributed by atoms with Gasteiger partial charge in [-0.3, -0.25) is 9.69 Å². The van der Waals surface area contributed by atoms with Gasteiger partial charge in [-0.2, -0.15) is 0 Å². The molecule has 1 aliphatic rings. The molecule has 1 amide bonds. The number of hydrogen-bond donors (Lipinski definition) is 1. The highest BCUT2D eigenvalue weighted by Gasteiger charge is 2.26. The minimum Gasteiger partial charge on any atom is -0.361 e. The van der Waals surface area contributed by atoms with Crippen LogP contribution in [0.1, 0.15) is 31.9 Å². The number of nitrogens with one attached hydrogen (secondary N) is 1. The van der Waals surface area contributed by atoms with Gasteiger partial charge in [-0.15, -0.1) is 0 Å². The molecule has 1 aliphatic carbocycles. The standard InChI is InChI=1S/C19H25N3O2/c1-14(19(23)20-16-10-11-16)22(2)12-6-9-17-13-18(21-24-17)15-7-4-3-5-8-15/h3-5,7-8,13-14,16H,6,9-12H2,1-2H3,(H,20,23). The van der Waals surface area contributed by atoms with E-state index in [1.807, 2.05) is 50.4 Å². The number of carbonyl (C=O) groups is 1. The van der Waals surface area contributed by atoms with E-state index in [0.29, 0.717) is 6.04 Å². The third kappa shape index (κ3) is 4.45.